The molecule has 0 saturated carbocycles. The summed E-state index contributed by atoms with van der Waals surface area (Å²) in [6.07, 6.45) is -1.42. The number of nitrogens with one attached hydrogen (secondary N) is 1. The summed E-state index contributed by atoms with van der Waals surface area (Å²) in [5.74, 6) is -1.90. The lowest BCUT2D eigenvalue weighted by molar-refractivity contribution is -0.167. The molecule has 1 unspecified atom stereocenters. The molecule has 1 rings (SSSR count). The number of carboxylic acid groups (broad SMARTS) is 1. The van der Waals surface area contributed by atoms with Crippen LogP contribution in [0.25, 0.3) is 0 Å². The highest BCUT2D eigenvalue weighted by Crippen LogP contribution is 2.21. The molecular formula is C17H22ClNO6. The summed E-state index contributed by atoms with van der Waals surface area (Å²) in [5.41, 5.74) is 0.733. The van der Waals surface area contributed by atoms with Gasteiger partial charge in [-0.3, -0.25) is 9.59 Å². The smallest absolute Gasteiger partial charge is 0.410 e. The Hall–Kier alpha value is -2.28. The number of hydrogen-bond acceptors (Lipinski definition) is 5. The minimum Gasteiger partial charge on any atom is -0.481 e. The van der Waals surface area contributed by atoms with Gasteiger partial charge in [-0.15, -0.1) is 0 Å². The Morgan fingerprint density at radius 2 is 1.80 bits per heavy atom. The molecule has 8 heteroatoms. The van der Waals surface area contributed by atoms with Crippen molar-refractivity contribution in [3.05, 3.63) is 34.9 Å². The van der Waals surface area contributed by atoms with E-state index in [1.165, 1.54) is 0 Å². The molecule has 138 valence electrons. The number of alkyl carbamates (subject to hydrolysis) is 1. The van der Waals surface area contributed by atoms with Crippen LogP contribution in [0.4, 0.5) is 4.79 Å². The number of esters is 1. The van der Waals surface area contributed by atoms with Gasteiger partial charge in [-0.05, 0) is 17.7 Å². The van der Waals surface area contributed by atoms with E-state index in [-0.39, 0.29) is 19.4 Å². The molecular weight excluding hydrogens is 350 g/mol. The molecule has 0 radical (unpaired) electrons. The lowest BCUT2D eigenvalue weighted by Crippen LogP contribution is -2.34. The fourth-order valence-corrected chi connectivity index (χ4v) is 2.17. The van der Waals surface area contributed by atoms with E-state index in [9.17, 15) is 14.4 Å². The van der Waals surface area contributed by atoms with Crippen LogP contribution in [0, 0.1) is 0 Å². The van der Waals surface area contributed by atoms with Crippen LogP contribution < -0.4 is 5.32 Å². The average molecular weight is 372 g/mol. The fourth-order valence-electron chi connectivity index (χ4n) is 2.04. The Balaban J connectivity index is 2.62. The van der Waals surface area contributed by atoms with Crippen LogP contribution in [-0.2, 0) is 19.1 Å². The van der Waals surface area contributed by atoms with Crippen molar-refractivity contribution in [1.29, 1.82) is 0 Å². The number of aliphatic carboxylic acids is 1. The van der Waals surface area contributed by atoms with Gasteiger partial charge in [0.2, 0.25) is 6.29 Å². The van der Waals surface area contributed by atoms with E-state index in [0.717, 1.165) is 5.56 Å². The molecule has 0 spiro atoms. The number of benzene rings is 1. The van der Waals surface area contributed by atoms with Crippen LogP contribution in [0.1, 0.15) is 44.6 Å². The van der Waals surface area contributed by atoms with Crippen molar-refractivity contribution in [3.8, 4) is 0 Å². The van der Waals surface area contributed by atoms with Gasteiger partial charge in [-0.2, -0.15) is 0 Å². The Morgan fingerprint density at radius 1 is 1.16 bits per heavy atom. The van der Waals surface area contributed by atoms with Crippen molar-refractivity contribution >= 4 is 29.6 Å². The molecule has 0 saturated heterocycles. The van der Waals surface area contributed by atoms with Gasteiger partial charge >= 0.3 is 18.0 Å². The highest BCUT2D eigenvalue weighted by Gasteiger charge is 2.20. The number of halogens is 1. The van der Waals surface area contributed by atoms with Crippen LogP contribution >= 0.6 is 11.6 Å². The molecule has 0 aliphatic heterocycles. The molecule has 2 atom stereocenters. The normalized spacial score (nSPS) is 12.8. The third-order valence-electron chi connectivity index (χ3n) is 3.38. The van der Waals surface area contributed by atoms with Crippen LogP contribution in [0.2, 0.25) is 5.02 Å². The average Bonchev–Trinajstić information content (AvgIpc) is 2.58. The van der Waals surface area contributed by atoms with Gasteiger partial charge in [0, 0.05) is 30.3 Å². The predicted molar refractivity (Wildman–Crippen MR) is 91.4 cm³/mol. The number of amides is 1. The Labute approximate surface area is 151 Å². The summed E-state index contributed by atoms with van der Waals surface area (Å²) in [6.45, 7) is 3.41. The van der Waals surface area contributed by atoms with Crippen LogP contribution in [0.3, 0.4) is 0 Å². The second-order valence-electron chi connectivity index (χ2n) is 5.31. The summed E-state index contributed by atoms with van der Waals surface area (Å²) in [5, 5.41) is 12.1. The second kappa shape index (κ2) is 10.6. The fraction of sp³-hybridized carbons (Fsp3) is 0.471. The first-order valence-corrected chi connectivity index (χ1v) is 8.34. The largest absolute Gasteiger partial charge is 0.481 e. The van der Waals surface area contributed by atoms with Crippen molar-refractivity contribution < 1.29 is 29.0 Å². The molecule has 0 fully saturated rings. The molecule has 0 aliphatic carbocycles. The maximum absolute atomic E-state index is 11.9. The lowest BCUT2D eigenvalue weighted by atomic mass is 9.96. The number of carboxylic acids is 1. The number of rotatable bonds is 9. The topological polar surface area (TPSA) is 102 Å². The maximum atomic E-state index is 11.9. The van der Waals surface area contributed by atoms with Gasteiger partial charge in [0.25, 0.3) is 0 Å². The van der Waals surface area contributed by atoms with Gasteiger partial charge in [0.1, 0.15) is 0 Å². The number of hydrogen-bond donors (Lipinski definition) is 2. The molecule has 0 heterocycles. The quantitative estimate of drug-likeness (QED) is 0.510. The Kier molecular flexibility index (Phi) is 8.77. The number of ether oxygens (including phenoxy) is 2. The van der Waals surface area contributed by atoms with Gasteiger partial charge in [0.05, 0.1) is 6.42 Å². The maximum Gasteiger partial charge on any atom is 0.410 e. The van der Waals surface area contributed by atoms with E-state index in [1.54, 1.807) is 38.1 Å². The number of carbonyl (C=O) groups excluding carboxylic acids is 2. The minimum atomic E-state index is -0.988. The third kappa shape index (κ3) is 7.89. The standard InChI is InChI=1S/C17H22ClNO6/c1-3-15(22)24-16(4-2)25-17(23)19-10-12(9-14(20)21)11-5-7-13(18)8-6-11/h5-8,12,16H,3-4,9-10H2,1-2H3,(H,19,23)(H,20,21)/t12-,16?/m0/s1. The lowest BCUT2D eigenvalue weighted by Gasteiger charge is -2.19. The molecule has 7 nitrogen and oxygen atoms in total. The van der Waals surface area contributed by atoms with Crippen molar-refractivity contribution in [2.45, 2.75) is 45.3 Å². The zero-order chi connectivity index (χ0) is 18.8. The van der Waals surface area contributed by atoms with Gasteiger partial charge in [0.15, 0.2) is 0 Å². The summed E-state index contributed by atoms with van der Waals surface area (Å²) in [6, 6.07) is 6.73. The van der Waals surface area contributed by atoms with Gasteiger partial charge < -0.3 is 19.9 Å². The van der Waals surface area contributed by atoms with E-state index in [1.807, 2.05) is 0 Å². The summed E-state index contributed by atoms with van der Waals surface area (Å²) in [4.78, 5) is 34.2. The van der Waals surface area contributed by atoms with Gasteiger partial charge in [-0.25, -0.2) is 4.79 Å². The molecule has 2 N–H and O–H groups in total. The second-order valence-corrected chi connectivity index (χ2v) is 5.75. The Bertz CT molecular complexity index is 589. The number of carbonyl (C=O) groups is 3. The molecule has 0 aliphatic rings. The molecule has 25 heavy (non-hydrogen) atoms. The predicted octanol–water partition coefficient (Wildman–Crippen LogP) is 3.31. The van der Waals surface area contributed by atoms with Crippen molar-refractivity contribution in [2.75, 3.05) is 6.54 Å². The third-order valence-corrected chi connectivity index (χ3v) is 3.63. The first kappa shape index (κ1) is 20.8. The monoisotopic (exact) mass is 371 g/mol. The van der Waals surface area contributed by atoms with E-state index >= 15 is 0 Å². The van der Waals surface area contributed by atoms with Crippen LogP contribution in [-0.4, -0.2) is 36.0 Å². The highest BCUT2D eigenvalue weighted by molar-refractivity contribution is 6.30. The molecule has 1 aromatic rings. The van der Waals surface area contributed by atoms with Crippen molar-refractivity contribution in [1.82, 2.24) is 5.32 Å². The molecule has 0 aromatic heterocycles. The van der Waals surface area contributed by atoms with Crippen molar-refractivity contribution in [3.63, 3.8) is 0 Å². The first-order valence-electron chi connectivity index (χ1n) is 7.96. The highest BCUT2D eigenvalue weighted by atomic mass is 35.5. The van der Waals surface area contributed by atoms with Crippen molar-refractivity contribution in [2.24, 2.45) is 0 Å². The summed E-state index contributed by atoms with van der Waals surface area (Å²) >= 11 is 5.83. The first-order chi connectivity index (χ1) is 11.8. The zero-order valence-corrected chi connectivity index (χ0v) is 14.9. The van der Waals surface area contributed by atoms with Crippen LogP contribution in [0.15, 0.2) is 24.3 Å². The molecule has 0 bridgehead atoms. The van der Waals surface area contributed by atoms with E-state index in [0.29, 0.717) is 11.4 Å². The zero-order valence-electron chi connectivity index (χ0n) is 14.2. The minimum absolute atomic E-state index is 0.0604. The molecule has 1 aromatic carbocycles. The van der Waals surface area contributed by atoms with E-state index < -0.39 is 30.2 Å². The summed E-state index contributed by atoms with van der Waals surface area (Å²) in [7, 11) is 0. The summed E-state index contributed by atoms with van der Waals surface area (Å²) < 4.78 is 9.98. The van der Waals surface area contributed by atoms with Gasteiger partial charge in [-0.1, -0.05) is 37.6 Å². The molecule has 1 amide bonds. The van der Waals surface area contributed by atoms with E-state index in [4.69, 9.17) is 26.2 Å². The Morgan fingerprint density at radius 3 is 2.32 bits per heavy atom. The van der Waals surface area contributed by atoms with Crippen LogP contribution in [0.5, 0.6) is 0 Å². The van der Waals surface area contributed by atoms with E-state index in [2.05, 4.69) is 5.32 Å². The SMILES string of the molecule is CCC(=O)OC(CC)OC(=O)NC[C@H](CC(=O)O)c1ccc(Cl)cc1.